The van der Waals surface area contributed by atoms with Gasteiger partial charge in [-0.15, -0.1) is 0 Å². The van der Waals surface area contributed by atoms with Crippen LogP contribution in [-0.2, 0) is 4.79 Å². The summed E-state index contributed by atoms with van der Waals surface area (Å²) < 4.78 is 2.19. The minimum Gasteiger partial charge on any atom is -0.356 e. The van der Waals surface area contributed by atoms with Gasteiger partial charge in [-0.2, -0.15) is 0 Å². The fourth-order valence-corrected chi connectivity index (χ4v) is 3.52. The summed E-state index contributed by atoms with van der Waals surface area (Å²) in [5, 5.41) is 0. The molecular weight excluding hydrogens is 318 g/mol. The lowest BCUT2D eigenvalue weighted by molar-refractivity contribution is -0.129. The van der Waals surface area contributed by atoms with Gasteiger partial charge in [-0.05, 0) is 12.8 Å². The zero-order valence-corrected chi connectivity index (χ0v) is 14.5. The third kappa shape index (κ3) is 3.29. The zero-order chi connectivity index (χ0) is 17.2. The van der Waals surface area contributed by atoms with Gasteiger partial charge in [0.05, 0.1) is 12.9 Å². The molecule has 0 unspecified atom stereocenters. The number of nitrogens with zero attached hydrogens (tertiary/aromatic N) is 7. The molecule has 4 heterocycles. The van der Waals surface area contributed by atoms with Gasteiger partial charge in [0, 0.05) is 57.7 Å². The first-order valence-electron chi connectivity index (χ1n) is 8.74. The van der Waals surface area contributed by atoms with E-state index in [-0.39, 0.29) is 5.91 Å². The van der Waals surface area contributed by atoms with E-state index in [1.807, 2.05) is 36.7 Å². The van der Waals surface area contributed by atoms with Gasteiger partial charge in [0.2, 0.25) is 5.91 Å². The number of hydrogen-bond acceptors (Lipinski definition) is 6. The maximum Gasteiger partial charge on any atom is 0.241 e. The van der Waals surface area contributed by atoms with E-state index >= 15 is 0 Å². The second kappa shape index (κ2) is 6.70. The van der Waals surface area contributed by atoms with Crippen LogP contribution in [0.2, 0.25) is 0 Å². The number of hydrogen-bond donors (Lipinski definition) is 0. The molecule has 0 atom stereocenters. The van der Waals surface area contributed by atoms with Gasteiger partial charge in [0.25, 0.3) is 0 Å². The average Bonchev–Trinajstić information content (AvgIpc) is 3.19. The van der Waals surface area contributed by atoms with Crippen molar-refractivity contribution in [2.24, 2.45) is 0 Å². The highest BCUT2D eigenvalue weighted by atomic mass is 16.2. The van der Waals surface area contributed by atoms with E-state index in [0.29, 0.717) is 12.6 Å². The van der Waals surface area contributed by atoms with Crippen LogP contribution in [0, 0.1) is 0 Å². The minimum absolute atomic E-state index is 0.132. The summed E-state index contributed by atoms with van der Waals surface area (Å²) in [6.45, 7) is 3.84. The molecule has 8 nitrogen and oxygen atoms in total. The average molecular weight is 341 g/mol. The Morgan fingerprint density at radius 3 is 2.48 bits per heavy atom. The van der Waals surface area contributed by atoms with Gasteiger partial charge in [0.1, 0.15) is 18.0 Å². The molecule has 0 aliphatic carbocycles. The Hall–Kier alpha value is -2.64. The number of amides is 1. The standard InChI is InChI=1S/C17H23N7O/c1-21-8-9-23(11-17(21)25)16-10-15(19-12-20-16)22-5-2-14(3-6-22)24-7-4-18-13-24/h4,7,10,12-14H,2-3,5-6,8-9,11H2,1H3. The molecule has 0 saturated carbocycles. The van der Waals surface area contributed by atoms with Gasteiger partial charge < -0.3 is 19.3 Å². The Morgan fingerprint density at radius 1 is 1.04 bits per heavy atom. The van der Waals surface area contributed by atoms with Gasteiger partial charge in [0.15, 0.2) is 0 Å². The van der Waals surface area contributed by atoms with E-state index in [0.717, 1.165) is 50.7 Å². The lowest BCUT2D eigenvalue weighted by atomic mass is 10.1. The maximum atomic E-state index is 11.9. The van der Waals surface area contributed by atoms with Crippen LogP contribution in [0.25, 0.3) is 0 Å². The van der Waals surface area contributed by atoms with Crippen molar-refractivity contribution in [2.75, 3.05) is 49.6 Å². The largest absolute Gasteiger partial charge is 0.356 e. The Balaban J connectivity index is 1.43. The highest BCUT2D eigenvalue weighted by Gasteiger charge is 2.24. The number of piperidine rings is 1. The van der Waals surface area contributed by atoms with Crippen LogP contribution < -0.4 is 9.80 Å². The van der Waals surface area contributed by atoms with Crippen molar-refractivity contribution in [3.8, 4) is 0 Å². The van der Waals surface area contributed by atoms with Crippen molar-refractivity contribution in [3.05, 3.63) is 31.1 Å². The smallest absolute Gasteiger partial charge is 0.241 e. The minimum atomic E-state index is 0.132. The molecule has 2 aliphatic heterocycles. The third-order valence-corrected chi connectivity index (χ3v) is 5.15. The van der Waals surface area contributed by atoms with E-state index in [4.69, 9.17) is 0 Å². The first-order valence-corrected chi connectivity index (χ1v) is 8.74. The number of rotatable bonds is 3. The number of imidazole rings is 1. The van der Waals surface area contributed by atoms with Crippen molar-refractivity contribution < 1.29 is 4.79 Å². The molecule has 132 valence electrons. The zero-order valence-electron chi connectivity index (χ0n) is 14.5. The summed E-state index contributed by atoms with van der Waals surface area (Å²) in [6.07, 6.45) is 9.52. The number of likely N-dealkylation sites (N-methyl/N-ethyl adjacent to an activating group) is 1. The fraction of sp³-hybridized carbons (Fsp3) is 0.529. The van der Waals surface area contributed by atoms with Crippen LogP contribution >= 0.6 is 0 Å². The van der Waals surface area contributed by atoms with Crippen molar-refractivity contribution in [3.63, 3.8) is 0 Å². The van der Waals surface area contributed by atoms with E-state index < -0.39 is 0 Å². The normalized spacial score (nSPS) is 19.6. The van der Waals surface area contributed by atoms with E-state index in [2.05, 4.69) is 24.4 Å². The molecule has 2 aromatic heterocycles. The molecule has 8 heteroatoms. The fourth-order valence-electron chi connectivity index (χ4n) is 3.52. The summed E-state index contributed by atoms with van der Waals surface area (Å²) in [5.41, 5.74) is 0. The summed E-state index contributed by atoms with van der Waals surface area (Å²) in [4.78, 5) is 31.0. The Morgan fingerprint density at radius 2 is 1.80 bits per heavy atom. The number of carbonyl (C=O) groups is 1. The molecule has 4 rings (SSSR count). The Labute approximate surface area is 147 Å². The Bertz CT molecular complexity index is 724. The first-order chi connectivity index (χ1) is 12.2. The molecule has 2 aromatic rings. The van der Waals surface area contributed by atoms with Gasteiger partial charge >= 0.3 is 0 Å². The van der Waals surface area contributed by atoms with Crippen molar-refractivity contribution in [1.29, 1.82) is 0 Å². The van der Waals surface area contributed by atoms with Gasteiger partial charge in [-0.25, -0.2) is 15.0 Å². The molecular formula is C17H23N7O. The lowest BCUT2D eigenvalue weighted by Crippen LogP contribution is -2.48. The topological polar surface area (TPSA) is 70.4 Å². The number of piperazine rings is 1. The highest BCUT2D eigenvalue weighted by molar-refractivity contribution is 5.82. The summed E-state index contributed by atoms with van der Waals surface area (Å²) in [5.74, 6) is 1.91. The van der Waals surface area contributed by atoms with Crippen molar-refractivity contribution in [1.82, 2.24) is 24.4 Å². The number of aromatic nitrogens is 4. The molecule has 0 radical (unpaired) electrons. The monoisotopic (exact) mass is 341 g/mol. The highest BCUT2D eigenvalue weighted by Crippen LogP contribution is 2.26. The molecule has 0 spiro atoms. The molecule has 2 saturated heterocycles. The second-order valence-corrected chi connectivity index (χ2v) is 6.70. The first kappa shape index (κ1) is 15.9. The molecule has 2 fully saturated rings. The van der Waals surface area contributed by atoms with Gasteiger partial charge in [-0.3, -0.25) is 4.79 Å². The summed E-state index contributed by atoms with van der Waals surface area (Å²) >= 11 is 0. The van der Waals surface area contributed by atoms with E-state index in [9.17, 15) is 4.79 Å². The molecule has 0 bridgehead atoms. The van der Waals surface area contributed by atoms with Crippen LogP contribution in [0.1, 0.15) is 18.9 Å². The van der Waals surface area contributed by atoms with E-state index in [1.165, 1.54) is 0 Å². The van der Waals surface area contributed by atoms with E-state index in [1.54, 1.807) is 11.2 Å². The predicted octanol–water partition coefficient (Wildman–Crippen LogP) is 0.793. The molecule has 0 N–H and O–H groups in total. The number of carbonyl (C=O) groups excluding carboxylic acids is 1. The molecule has 2 aliphatic rings. The molecule has 0 aromatic carbocycles. The summed E-state index contributed by atoms with van der Waals surface area (Å²) in [6, 6.07) is 2.52. The maximum absolute atomic E-state index is 11.9. The van der Waals surface area contributed by atoms with Crippen LogP contribution in [0.15, 0.2) is 31.1 Å². The predicted molar refractivity (Wildman–Crippen MR) is 94.6 cm³/mol. The Kier molecular flexibility index (Phi) is 4.25. The third-order valence-electron chi connectivity index (χ3n) is 5.15. The summed E-state index contributed by atoms with van der Waals surface area (Å²) in [7, 11) is 1.84. The van der Waals surface area contributed by atoms with Crippen molar-refractivity contribution in [2.45, 2.75) is 18.9 Å². The quantitative estimate of drug-likeness (QED) is 0.822. The van der Waals surface area contributed by atoms with Crippen LogP contribution in [-0.4, -0.2) is 70.1 Å². The van der Waals surface area contributed by atoms with Crippen molar-refractivity contribution >= 4 is 17.5 Å². The van der Waals surface area contributed by atoms with Crippen LogP contribution in [0.4, 0.5) is 11.6 Å². The van der Waals surface area contributed by atoms with Gasteiger partial charge in [-0.1, -0.05) is 0 Å². The number of anilines is 2. The van der Waals surface area contributed by atoms with Crippen LogP contribution in [0.5, 0.6) is 0 Å². The molecule has 25 heavy (non-hydrogen) atoms. The second-order valence-electron chi connectivity index (χ2n) is 6.70. The SMILES string of the molecule is CN1CCN(c2cc(N3CCC(n4ccnc4)CC3)ncn2)CC1=O. The molecule has 1 amide bonds. The lowest BCUT2D eigenvalue weighted by Gasteiger charge is -2.35. The van der Waals surface area contributed by atoms with Crippen LogP contribution in [0.3, 0.4) is 0 Å².